The second-order valence-corrected chi connectivity index (χ2v) is 5.83. The van der Waals surface area contributed by atoms with Crippen LogP contribution in [0.15, 0.2) is 42.5 Å². The van der Waals surface area contributed by atoms with Crippen LogP contribution in [0.4, 0.5) is 0 Å². The van der Waals surface area contributed by atoms with Gasteiger partial charge in [-0.1, -0.05) is 42.5 Å². The molecule has 0 saturated carbocycles. The first kappa shape index (κ1) is 16.8. The molecule has 118 valence electrons. The van der Waals surface area contributed by atoms with Crippen molar-refractivity contribution in [2.45, 2.75) is 19.3 Å². The number of fused-ring (bicyclic) bond motifs is 1. The van der Waals surface area contributed by atoms with E-state index in [4.69, 9.17) is 0 Å². The van der Waals surface area contributed by atoms with Crippen LogP contribution in [0.2, 0.25) is 0 Å². The standard InChI is InChI=1S/C18H22N2O.ClH/c21-18(20-13-14-5-4-10-19-12-14)11-16-8-3-7-15-6-1-2-9-17(15)16;/h1-3,6-9,14,19H,4-5,10-13H2,(H,20,21);1H. The zero-order valence-corrected chi connectivity index (χ0v) is 13.5. The van der Waals surface area contributed by atoms with E-state index in [0.29, 0.717) is 12.3 Å². The molecule has 2 aromatic carbocycles. The molecule has 3 nitrogen and oxygen atoms in total. The second-order valence-electron chi connectivity index (χ2n) is 5.83. The van der Waals surface area contributed by atoms with Gasteiger partial charge in [-0.05, 0) is 48.2 Å². The maximum atomic E-state index is 12.2. The van der Waals surface area contributed by atoms with Gasteiger partial charge in [0.15, 0.2) is 0 Å². The molecule has 1 heterocycles. The van der Waals surface area contributed by atoms with Gasteiger partial charge in [0.05, 0.1) is 6.42 Å². The van der Waals surface area contributed by atoms with Crippen molar-refractivity contribution < 1.29 is 4.79 Å². The summed E-state index contributed by atoms with van der Waals surface area (Å²) in [5.74, 6) is 0.701. The van der Waals surface area contributed by atoms with E-state index in [2.05, 4.69) is 28.8 Å². The number of hydrogen-bond donors (Lipinski definition) is 2. The molecule has 1 unspecified atom stereocenters. The smallest absolute Gasteiger partial charge is 0.224 e. The van der Waals surface area contributed by atoms with Crippen molar-refractivity contribution in [3.8, 4) is 0 Å². The first-order valence-corrected chi connectivity index (χ1v) is 7.77. The fourth-order valence-corrected chi connectivity index (χ4v) is 3.04. The van der Waals surface area contributed by atoms with E-state index >= 15 is 0 Å². The molecule has 1 amide bonds. The van der Waals surface area contributed by atoms with Crippen LogP contribution < -0.4 is 10.6 Å². The highest BCUT2D eigenvalue weighted by atomic mass is 35.5. The summed E-state index contributed by atoms with van der Waals surface area (Å²) in [5, 5.41) is 8.84. The highest BCUT2D eigenvalue weighted by Gasteiger charge is 2.14. The molecule has 1 aliphatic heterocycles. The number of piperidine rings is 1. The lowest BCUT2D eigenvalue weighted by atomic mass is 9.99. The molecule has 1 aliphatic rings. The molecular weight excluding hydrogens is 296 g/mol. The SMILES string of the molecule is Cl.O=C(Cc1cccc2ccccc12)NCC1CCCNC1. The molecular formula is C18H23ClN2O. The Hall–Kier alpha value is -1.58. The average Bonchev–Trinajstić information content (AvgIpc) is 2.54. The van der Waals surface area contributed by atoms with Crippen LogP contribution in [0.25, 0.3) is 10.8 Å². The van der Waals surface area contributed by atoms with Gasteiger partial charge in [0, 0.05) is 6.54 Å². The van der Waals surface area contributed by atoms with Gasteiger partial charge in [-0.15, -0.1) is 12.4 Å². The van der Waals surface area contributed by atoms with Crippen molar-refractivity contribution in [2.75, 3.05) is 19.6 Å². The summed E-state index contributed by atoms with van der Waals surface area (Å²) in [5.41, 5.74) is 1.10. The van der Waals surface area contributed by atoms with E-state index in [1.807, 2.05) is 24.3 Å². The van der Waals surface area contributed by atoms with E-state index in [9.17, 15) is 4.79 Å². The fourth-order valence-electron chi connectivity index (χ4n) is 3.04. The topological polar surface area (TPSA) is 41.1 Å². The quantitative estimate of drug-likeness (QED) is 0.910. The van der Waals surface area contributed by atoms with E-state index in [1.165, 1.54) is 23.6 Å². The summed E-state index contributed by atoms with van der Waals surface area (Å²) in [7, 11) is 0. The molecule has 3 rings (SSSR count). The molecule has 0 radical (unpaired) electrons. The summed E-state index contributed by atoms with van der Waals surface area (Å²) in [6.45, 7) is 2.92. The van der Waals surface area contributed by atoms with Gasteiger partial charge < -0.3 is 10.6 Å². The predicted octanol–water partition coefficient (Wildman–Crippen LogP) is 2.92. The van der Waals surface area contributed by atoms with Crippen molar-refractivity contribution in [1.29, 1.82) is 0 Å². The minimum atomic E-state index is 0. The normalized spacial score (nSPS) is 17.7. The van der Waals surface area contributed by atoms with Gasteiger partial charge >= 0.3 is 0 Å². The average molecular weight is 319 g/mol. The third-order valence-electron chi connectivity index (χ3n) is 4.22. The first-order valence-electron chi connectivity index (χ1n) is 7.77. The molecule has 2 aromatic rings. The molecule has 1 fully saturated rings. The maximum Gasteiger partial charge on any atom is 0.224 e. The molecule has 0 aromatic heterocycles. The number of nitrogens with one attached hydrogen (secondary N) is 2. The Morgan fingerprint density at radius 2 is 2.00 bits per heavy atom. The van der Waals surface area contributed by atoms with Gasteiger partial charge in [0.1, 0.15) is 0 Å². The number of rotatable bonds is 4. The molecule has 2 N–H and O–H groups in total. The highest BCUT2D eigenvalue weighted by Crippen LogP contribution is 2.18. The van der Waals surface area contributed by atoms with Gasteiger partial charge in [0.25, 0.3) is 0 Å². The Balaban J connectivity index is 0.00000176. The van der Waals surface area contributed by atoms with Crippen molar-refractivity contribution in [3.63, 3.8) is 0 Å². The summed E-state index contributed by atoms with van der Waals surface area (Å²) in [6.07, 6.45) is 2.88. The van der Waals surface area contributed by atoms with Crippen molar-refractivity contribution >= 4 is 29.1 Å². The third-order valence-corrected chi connectivity index (χ3v) is 4.22. The third kappa shape index (κ3) is 4.21. The Morgan fingerprint density at radius 1 is 1.18 bits per heavy atom. The molecule has 0 spiro atoms. The van der Waals surface area contributed by atoms with Crippen molar-refractivity contribution in [3.05, 3.63) is 48.0 Å². The summed E-state index contributed by atoms with van der Waals surface area (Å²) in [4.78, 5) is 12.2. The molecule has 4 heteroatoms. The van der Waals surface area contributed by atoms with Crippen molar-refractivity contribution in [1.82, 2.24) is 10.6 Å². The Bertz CT molecular complexity index is 618. The van der Waals surface area contributed by atoms with Crippen LogP contribution in [0, 0.1) is 5.92 Å². The van der Waals surface area contributed by atoms with E-state index in [-0.39, 0.29) is 18.3 Å². The number of hydrogen-bond acceptors (Lipinski definition) is 2. The highest BCUT2D eigenvalue weighted by molar-refractivity contribution is 5.90. The zero-order valence-electron chi connectivity index (χ0n) is 12.7. The largest absolute Gasteiger partial charge is 0.355 e. The van der Waals surface area contributed by atoms with Crippen molar-refractivity contribution in [2.24, 2.45) is 5.92 Å². The predicted molar refractivity (Wildman–Crippen MR) is 93.5 cm³/mol. The Labute approximate surface area is 137 Å². The van der Waals surface area contributed by atoms with E-state index in [0.717, 1.165) is 25.2 Å². The van der Waals surface area contributed by atoms with Crippen LogP contribution in [0.3, 0.4) is 0 Å². The lowest BCUT2D eigenvalue weighted by molar-refractivity contribution is -0.120. The first-order chi connectivity index (χ1) is 10.3. The Morgan fingerprint density at radius 3 is 2.82 bits per heavy atom. The van der Waals surface area contributed by atoms with Crippen LogP contribution in [0.1, 0.15) is 18.4 Å². The monoisotopic (exact) mass is 318 g/mol. The number of benzene rings is 2. The number of carbonyl (C=O) groups is 1. The Kier molecular flexibility index (Phi) is 6.22. The van der Waals surface area contributed by atoms with Gasteiger partial charge in [-0.3, -0.25) is 4.79 Å². The minimum absolute atomic E-state index is 0. The number of halogens is 1. The van der Waals surface area contributed by atoms with Crippen LogP contribution >= 0.6 is 12.4 Å². The minimum Gasteiger partial charge on any atom is -0.355 e. The maximum absolute atomic E-state index is 12.2. The van der Waals surface area contributed by atoms with E-state index < -0.39 is 0 Å². The summed E-state index contributed by atoms with van der Waals surface area (Å²) < 4.78 is 0. The lowest BCUT2D eigenvalue weighted by Gasteiger charge is -2.22. The fraction of sp³-hybridized carbons (Fsp3) is 0.389. The van der Waals surface area contributed by atoms with Gasteiger partial charge in [-0.25, -0.2) is 0 Å². The van der Waals surface area contributed by atoms with Crippen LogP contribution in [-0.4, -0.2) is 25.5 Å². The lowest BCUT2D eigenvalue weighted by Crippen LogP contribution is -2.38. The molecule has 0 aliphatic carbocycles. The van der Waals surface area contributed by atoms with Gasteiger partial charge in [0.2, 0.25) is 5.91 Å². The zero-order chi connectivity index (χ0) is 14.5. The summed E-state index contributed by atoms with van der Waals surface area (Å²) >= 11 is 0. The van der Waals surface area contributed by atoms with Crippen LogP contribution in [-0.2, 0) is 11.2 Å². The summed E-state index contributed by atoms with van der Waals surface area (Å²) in [6, 6.07) is 14.4. The van der Waals surface area contributed by atoms with E-state index in [1.54, 1.807) is 0 Å². The second kappa shape index (κ2) is 8.16. The van der Waals surface area contributed by atoms with Gasteiger partial charge in [-0.2, -0.15) is 0 Å². The molecule has 1 saturated heterocycles. The molecule has 22 heavy (non-hydrogen) atoms. The number of amides is 1. The molecule has 1 atom stereocenters. The molecule has 0 bridgehead atoms. The number of carbonyl (C=O) groups excluding carboxylic acids is 1. The van der Waals surface area contributed by atoms with Crippen LogP contribution in [0.5, 0.6) is 0 Å².